The number of nitrogen functional groups attached to an aromatic ring is 1. The van der Waals surface area contributed by atoms with Gasteiger partial charge in [0.15, 0.2) is 0 Å². The highest BCUT2D eigenvalue weighted by molar-refractivity contribution is 5.69. The number of unbranched alkanes of at least 4 members (excludes halogenated alkanes) is 8. The number of carboxylic acids is 1. The van der Waals surface area contributed by atoms with Gasteiger partial charge in [-0.1, -0.05) is 65.2 Å². The lowest BCUT2D eigenvalue weighted by atomic mass is 10.1. The lowest BCUT2D eigenvalue weighted by Gasteiger charge is -2.15. The molecule has 1 aromatic heterocycles. The second-order valence-corrected chi connectivity index (χ2v) is 8.74. The van der Waals surface area contributed by atoms with E-state index in [1.165, 1.54) is 43.1 Å². The van der Waals surface area contributed by atoms with Gasteiger partial charge in [0.05, 0.1) is 6.10 Å². The summed E-state index contributed by atoms with van der Waals surface area (Å²) in [5, 5.41) is 8.27. The van der Waals surface area contributed by atoms with Crippen LogP contribution in [0, 0.1) is 0 Å². The highest BCUT2D eigenvalue weighted by Gasteiger charge is 2.28. The van der Waals surface area contributed by atoms with Gasteiger partial charge in [0, 0.05) is 19.0 Å². The lowest BCUT2D eigenvalue weighted by Crippen LogP contribution is -2.28. The Hall–Kier alpha value is -2.42. The van der Waals surface area contributed by atoms with Gasteiger partial charge in [0.25, 0.3) is 0 Å². The van der Waals surface area contributed by atoms with E-state index in [4.69, 9.17) is 20.3 Å². The Balaban J connectivity index is 0.000000489. The zero-order valence-electron chi connectivity index (χ0n) is 20.9. The van der Waals surface area contributed by atoms with Crippen molar-refractivity contribution in [2.45, 2.75) is 116 Å². The third-order valence-corrected chi connectivity index (χ3v) is 5.66. The van der Waals surface area contributed by atoms with Crippen LogP contribution in [0.4, 0.5) is 5.82 Å². The van der Waals surface area contributed by atoms with E-state index in [9.17, 15) is 14.4 Å². The van der Waals surface area contributed by atoms with E-state index in [2.05, 4.69) is 18.8 Å². The Kier molecular flexibility index (Phi) is 15.7. The number of aromatic nitrogens is 2. The number of nitrogens with zero attached hydrogens (tertiary/aromatic N) is 2. The molecular weight excluding hydrogens is 438 g/mol. The summed E-state index contributed by atoms with van der Waals surface area (Å²) in [7, 11) is 0. The number of esters is 1. The average molecular weight is 482 g/mol. The van der Waals surface area contributed by atoms with E-state index >= 15 is 0 Å². The third-order valence-electron chi connectivity index (χ3n) is 5.66. The van der Waals surface area contributed by atoms with Crippen LogP contribution in [0.25, 0.3) is 0 Å². The smallest absolute Gasteiger partial charge is 0.351 e. The number of carboxylic acid groups (broad SMARTS) is 1. The van der Waals surface area contributed by atoms with Crippen LogP contribution in [-0.2, 0) is 19.1 Å². The summed E-state index contributed by atoms with van der Waals surface area (Å²) in [6.07, 6.45) is 14.3. The average Bonchev–Trinajstić information content (AvgIpc) is 3.26. The van der Waals surface area contributed by atoms with Gasteiger partial charge < -0.3 is 20.3 Å². The number of carbonyl (C=O) groups excluding carboxylic acids is 1. The number of aliphatic carboxylic acids is 1. The summed E-state index contributed by atoms with van der Waals surface area (Å²) in [5.41, 5.74) is 5.05. The molecule has 1 fully saturated rings. The Labute approximate surface area is 203 Å². The number of rotatable bonds is 15. The van der Waals surface area contributed by atoms with E-state index in [1.807, 2.05) is 0 Å². The summed E-state index contributed by atoms with van der Waals surface area (Å²) in [6, 6.07) is 1.57. The summed E-state index contributed by atoms with van der Waals surface area (Å²) >= 11 is 0. The Morgan fingerprint density at radius 2 is 1.68 bits per heavy atom. The number of carbonyl (C=O) groups is 2. The lowest BCUT2D eigenvalue weighted by molar-refractivity contribution is -0.148. The molecule has 0 radical (unpaired) electrons. The summed E-state index contributed by atoms with van der Waals surface area (Å²) in [5.74, 6) is -0.653. The van der Waals surface area contributed by atoms with Crippen molar-refractivity contribution in [1.29, 1.82) is 0 Å². The van der Waals surface area contributed by atoms with Crippen molar-refractivity contribution in [1.82, 2.24) is 9.55 Å². The number of nitrogens with two attached hydrogens (primary N) is 1. The second-order valence-electron chi connectivity index (χ2n) is 8.74. The van der Waals surface area contributed by atoms with Crippen LogP contribution in [0.2, 0.25) is 0 Å². The van der Waals surface area contributed by atoms with Crippen molar-refractivity contribution in [3.63, 3.8) is 0 Å². The van der Waals surface area contributed by atoms with E-state index < -0.39 is 11.7 Å². The minimum atomic E-state index is -0.670. The van der Waals surface area contributed by atoms with Gasteiger partial charge in [-0.25, -0.2) is 4.79 Å². The minimum absolute atomic E-state index is 0.176. The summed E-state index contributed by atoms with van der Waals surface area (Å²) in [4.78, 5) is 37.2. The molecule has 0 aromatic carbocycles. The van der Waals surface area contributed by atoms with Crippen LogP contribution < -0.4 is 11.4 Å². The maximum absolute atomic E-state index is 11.8. The number of hydrogen-bond donors (Lipinski definition) is 2. The molecule has 3 N–H and O–H groups in total. The molecule has 0 saturated carbocycles. The van der Waals surface area contributed by atoms with Gasteiger partial charge >= 0.3 is 17.6 Å². The molecule has 2 atom stereocenters. The fourth-order valence-electron chi connectivity index (χ4n) is 3.67. The third kappa shape index (κ3) is 13.3. The monoisotopic (exact) mass is 481 g/mol. The van der Waals surface area contributed by atoms with E-state index in [0.717, 1.165) is 32.1 Å². The molecule has 0 bridgehead atoms. The van der Waals surface area contributed by atoms with Gasteiger partial charge in [-0.05, 0) is 31.7 Å². The van der Waals surface area contributed by atoms with Crippen molar-refractivity contribution >= 4 is 17.8 Å². The zero-order valence-corrected chi connectivity index (χ0v) is 20.9. The molecule has 0 amide bonds. The molecule has 9 heteroatoms. The van der Waals surface area contributed by atoms with E-state index in [1.54, 1.807) is 12.3 Å². The van der Waals surface area contributed by atoms with Crippen molar-refractivity contribution in [3.05, 3.63) is 22.7 Å². The van der Waals surface area contributed by atoms with Crippen molar-refractivity contribution in [2.24, 2.45) is 0 Å². The molecule has 2 unspecified atom stereocenters. The predicted octanol–water partition coefficient (Wildman–Crippen LogP) is 4.84. The van der Waals surface area contributed by atoms with E-state index in [-0.39, 0.29) is 30.7 Å². The first kappa shape index (κ1) is 29.6. The zero-order chi connectivity index (χ0) is 25.2. The largest absolute Gasteiger partial charge is 0.481 e. The standard InChI is InChI=1S/C17H27N3O4.C8H16O2/c1-2-3-4-5-6-7-16(21)23-12-13-8-9-15(24-13)20-11-10-14(18)19-17(20)22;1-2-3-4-5-6-7-8(9)10/h10-11,13,15H,2-9,12H2,1H3,(H2,18,19,22);2-7H2,1H3,(H,9,10). The summed E-state index contributed by atoms with van der Waals surface area (Å²) in [6.45, 7) is 4.55. The van der Waals surface area contributed by atoms with Crippen molar-refractivity contribution in [2.75, 3.05) is 12.3 Å². The molecule has 9 nitrogen and oxygen atoms in total. The maximum atomic E-state index is 11.8. The molecule has 1 aliphatic rings. The summed E-state index contributed by atoms with van der Waals surface area (Å²) < 4.78 is 12.5. The van der Waals surface area contributed by atoms with Crippen molar-refractivity contribution in [3.8, 4) is 0 Å². The van der Waals surface area contributed by atoms with Crippen LogP contribution in [0.5, 0.6) is 0 Å². The normalized spacial score (nSPS) is 17.1. The molecule has 1 aromatic rings. The highest BCUT2D eigenvalue weighted by Crippen LogP contribution is 2.27. The van der Waals surface area contributed by atoms with Gasteiger partial charge in [-0.15, -0.1) is 0 Å². The van der Waals surface area contributed by atoms with Gasteiger partial charge in [0.2, 0.25) is 0 Å². The first-order chi connectivity index (χ1) is 16.4. The van der Waals surface area contributed by atoms with Crippen LogP contribution in [0.1, 0.15) is 110 Å². The molecule has 1 aliphatic heterocycles. The van der Waals surface area contributed by atoms with Crippen LogP contribution >= 0.6 is 0 Å². The first-order valence-electron chi connectivity index (χ1n) is 12.7. The van der Waals surface area contributed by atoms with Gasteiger partial charge in [0.1, 0.15) is 18.7 Å². The Bertz CT molecular complexity index is 767. The maximum Gasteiger partial charge on any atom is 0.351 e. The molecule has 194 valence electrons. The van der Waals surface area contributed by atoms with Gasteiger partial charge in [-0.2, -0.15) is 4.98 Å². The molecule has 0 aliphatic carbocycles. The van der Waals surface area contributed by atoms with Crippen LogP contribution in [-0.4, -0.2) is 39.3 Å². The van der Waals surface area contributed by atoms with Crippen LogP contribution in [0.3, 0.4) is 0 Å². The van der Waals surface area contributed by atoms with E-state index in [0.29, 0.717) is 19.3 Å². The predicted molar refractivity (Wildman–Crippen MR) is 131 cm³/mol. The molecule has 0 spiro atoms. The molecule has 34 heavy (non-hydrogen) atoms. The van der Waals surface area contributed by atoms with Crippen LogP contribution in [0.15, 0.2) is 17.1 Å². The highest BCUT2D eigenvalue weighted by atomic mass is 16.6. The molecule has 1 saturated heterocycles. The Morgan fingerprint density at radius 1 is 1.06 bits per heavy atom. The minimum Gasteiger partial charge on any atom is -0.481 e. The molecule has 2 heterocycles. The van der Waals surface area contributed by atoms with Gasteiger partial charge in [-0.3, -0.25) is 14.2 Å². The second kappa shape index (κ2) is 18.0. The number of ether oxygens (including phenoxy) is 2. The number of hydrogen-bond acceptors (Lipinski definition) is 7. The quantitative estimate of drug-likeness (QED) is 0.268. The molecule has 2 rings (SSSR count). The number of anilines is 1. The fraction of sp³-hybridized carbons (Fsp3) is 0.760. The SMILES string of the molecule is CCCCCCCC(=O)O.CCCCCCCC(=O)OCC1CCC(n2ccc(N)nc2=O)O1. The fourth-order valence-corrected chi connectivity index (χ4v) is 3.67. The first-order valence-corrected chi connectivity index (χ1v) is 12.7. The topological polar surface area (TPSA) is 134 Å². The van der Waals surface area contributed by atoms with Crippen molar-refractivity contribution < 1.29 is 24.2 Å². The molecular formula is C25H43N3O6. The Morgan fingerprint density at radius 3 is 2.26 bits per heavy atom.